The molecular formula is C11H10O2S. The molecule has 0 radical (unpaired) electrons. The minimum Gasteiger partial charge on any atom is -0.459 e. The molecule has 1 aromatic rings. The Hall–Kier alpha value is -1.40. The van der Waals surface area contributed by atoms with E-state index in [9.17, 15) is 4.79 Å². The number of hydrogen-bond donors (Lipinski definition) is 0. The first-order valence-corrected chi connectivity index (χ1v) is 5.23. The van der Waals surface area contributed by atoms with Crippen LogP contribution < -0.4 is 0 Å². The van der Waals surface area contributed by atoms with Crippen LogP contribution in [0.5, 0.6) is 0 Å². The largest absolute Gasteiger partial charge is 0.459 e. The third-order valence-electron chi connectivity index (χ3n) is 1.59. The summed E-state index contributed by atoms with van der Waals surface area (Å²) in [4.78, 5) is 11.8. The molecule has 1 aromatic carbocycles. The molecule has 0 bridgehead atoms. The summed E-state index contributed by atoms with van der Waals surface area (Å²) in [5, 5.41) is 0. The maximum absolute atomic E-state index is 10.8. The standard InChI is InChI=1S/C11H10O2S/c1-13-11(12)8-7-9-5-3-4-6-10(9)14-2/h3-6H,1-2H3. The molecule has 0 unspecified atom stereocenters. The maximum atomic E-state index is 10.8. The second-order valence-electron chi connectivity index (χ2n) is 2.44. The number of rotatable bonds is 1. The van der Waals surface area contributed by atoms with Crippen molar-refractivity contribution in [3.63, 3.8) is 0 Å². The average Bonchev–Trinajstić information content (AvgIpc) is 2.26. The number of methoxy groups -OCH3 is 1. The molecule has 2 nitrogen and oxygen atoms in total. The third-order valence-corrected chi connectivity index (χ3v) is 2.39. The maximum Gasteiger partial charge on any atom is 0.384 e. The van der Waals surface area contributed by atoms with Crippen LogP contribution in [-0.4, -0.2) is 19.3 Å². The van der Waals surface area contributed by atoms with Crippen molar-refractivity contribution in [2.24, 2.45) is 0 Å². The van der Waals surface area contributed by atoms with Gasteiger partial charge in [0.1, 0.15) is 0 Å². The average molecular weight is 206 g/mol. The minimum absolute atomic E-state index is 0.513. The Morgan fingerprint density at radius 2 is 2.14 bits per heavy atom. The van der Waals surface area contributed by atoms with Crippen molar-refractivity contribution in [2.45, 2.75) is 4.90 Å². The van der Waals surface area contributed by atoms with Crippen molar-refractivity contribution in [3.8, 4) is 11.8 Å². The number of thioether (sulfide) groups is 1. The first-order chi connectivity index (χ1) is 6.77. The second-order valence-corrected chi connectivity index (χ2v) is 3.29. The zero-order valence-electron chi connectivity index (χ0n) is 8.03. The first-order valence-electron chi connectivity index (χ1n) is 4.01. The van der Waals surface area contributed by atoms with Crippen LogP contribution in [0.3, 0.4) is 0 Å². The fourth-order valence-electron chi connectivity index (χ4n) is 0.917. The van der Waals surface area contributed by atoms with E-state index in [0.717, 1.165) is 10.5 Å². The van der Waals surface area contributed by atoms with E-state index in [1.165, 1.54) is 7.11 Å². The number of ether oxygens (including phenoxy) is 1. The van der Waals surface area contributed by atoms with Gasteiger partial charge in [-0.05, 0) is 18.4 Å². The van der Waals surface area contributed by atoms with Crippen molar-refractivity contribution in [1.82, 2.24) is 0 Å². The predicted molar refractivity (Wildman–Crippen MR) is 57.1 cm³/mol. The highest BCUT2D eigenvalue weighted by Crippen LogP contribution is 2.18. The molecule has 0 aliphatic rings. The Labute approximate surface area is 87.7 Å². The molecule has 0 atom stereocenters. The van der Waals surface area contributed by atoms with Crippen LogP contribution >= 0.6 is 11.8 Å². The number of esters is 1. The zero-order valence-corrected chi connectivity index (χ0v) is 8.85. The van der Waals surface area contributed by atoms with Gasteiger partial charge in [0.05, 0.1) is 7.11 Å². The zero-order chi connectivity index (χ0) is 10.4. The molecule has 0 spiro atoms. The SMILES string of the molecule is COC(=O)C#Cc1ccccc1SC. The predicted octanol–water partition coefficient (Wildman–Crippen LogP) is 1.93. The molecule has 0 saturated carbocycles. The number of benzene rings is 1. The summed E-state index contributed by atoms with van der Waals surface area (Å²) in [5.41, 5.74) is 0.852. The van der Waals surface area contributed by atoms with Crippen molar-refractivity contribution in [1.29, 1.82) is 0 Å². The molecule has 14 heavy (non-hydrogen) atoms. The van der Waals surface area contributed by atoms with E-state index in [2.05, 4.69) is 16.6 Å². The summed E-state index contributed by atoms with van der Waals surface area (Å²) in [5.74, 6) is 4.66. The Kier molecular flexibility index (Phi) is 4.09. The summed E-state index contributed by atoms with van der Waals surface area (Å²) in [6.07, 6.45) is 1.97. The van der Waals surface area contributed by atoms with Gasteiger partial charge < -0.3 is 4.74 Å². The molecule has 0 heterocycles. The monoisotopic (exact) mass is 206 g/mol. The quantitative estimate of drug-likeness (QED) is 0.399. The summed E-state index contributed by atoms with van der Waals surface area (Å²) in [6.45, 7) is 0. The van der Waals surface area contributed by atoms with Gasteiger partial charge >= 0.3 is 5.97 Å². The van der Waals surface area contributed by atoms with Gasteiger partial charge in [0, 0.05) is 16.4 Å². The van der Waals surface area contributed by atoms with Crippen LogP contribution in [0.1, 0.15) is 5.56 Å². The molecule has 0 fully saturated rings. The van der Waals surface area contributed by atoms with Crippen LogP contribution in [0.4, 0.5) is 0 Å². The fourth-order valence-corrected chi connectivity index (χ4v) is 1.47. The molecule has 0 amide bonds. The van der Waals surface area contributed by atoms with E-state index in [0.29, 0.717) is 0 Å². The lowest BCUT2D eigenvalue weighted by atomic mass is 10.2. The van der Waals surface area contributed by atoms with Crippen molar-refractivity contribution in [3.05, 3.63) is 29.8 Å². The molecule has 1 rings (SSSR count). The van der Waals surface area contributed by atoms with Crippen LogP contribution in [-0.2, 0) is 9.53 Å². The van der Waals surface area contributed by atoms with Crippen LogP contribution in [0.2, 0.25) is 0 Å². The van der Waals surface area contributed by atoms with Gasteiger partial charge in [-0.3, -0.25) is 0 Å². The first kappa shape index (κ1) is 10.7. The van der Waals surface area contributed by atoms with E-state index < -0.39 is 5.97 Å². The molecule has 0 aromatic heterocycles. The van der Waals surface area contributed by atoms with E-state index in [1.807, 2.05) is 30.5 Å². The number of hydrogen-bond acceptors (Lipinski definition) is 3. The van der Waals surface area contributed by atoms with Crippen molar-refractivity contribution < 1.29 is 9.53 Å². The van der Waals surface area contributed by atoms with Gasteiger partial charge in [-0.25, -0.2) is 4.79 Å². The lowest BCUT2D eigenvalue weighted by molar-refractivity contribution is -0.133. The van der Waals surface area contributed by atoms with E-state index in [4.69, 9.17) is 0 Å². The van der Waals surface area contributed by atoms with Crippen molar-refractivity contribution >= 4 is 17.7 Å². The van der Waals surface area contributed by atoms with Crippen LogP contribution in [0, 0.1) is 11.8 Å². The highest BCUT2D eigenvalue weighted by molar-refractivity contribution is 7.98. The van der Waals surface area contributed by atoms with Gasteiger partial charge in [-0.1, -0.05) is 18.1 Å². The Morgan fingerprint density at radius 3 is 2.79 bits per heavy atom. The molecule has 0 N–H and O–H groups in total. The molecular weight excluding hydrogens is 196 g/mol. The van der Waals surface area contributed by atoms with Gasteiger partial charge in [-0.2, -0.15) is 0 Å². The minimum atomic E-state index is -0.513. The van der Waals surface area contributed by atoms with Gasteiger partial charge in [-0.15, -0.1) is 11.8 Å². The highest BCUT2D eigenvalue weighted by atomic mass is 32.2. The third kappa shape index (κ3) is 2.82. The van der Waals surface area contributed by atoms with Crippen LogP contribution in [0.15, 0.2) is 29.2 Å². The van der Waals surface area contributed by atoms with Gasteiger partial charge in [0.2, 0.25) is 0 Å². The number of carbonyl (C=O) groups is 1. The lowest BCUT2D eigenvalue weighted by Gasteiger charge is -1.97. The smallest absolute Gasteiger partial charge is 0.384 e. The second kappa shape index (κ2) is 5.36. The molecule has 0 saturated heterocycles. The topological polar surface area (TPSA) is 26.3 Å². The Balaban J connectivity index is 2.94. The summed E-state index contributed by atoms with van der Waals surface area (Å²) in [7, 11) is 1.32. The summed E-state index contributed by atoms with van der Waals surface area (Å²) >= 11 is 1.60. The summed E-state index contributed by atoms with van der Waals surface area (Å²) < 4.78 is 4.43. The summed E-state index contributed by atoms with van der Waals surface area (Å²) in [6, 6.07) is 7.67. The van der Waals surface area contributed by atoms with E-state index in [-0.39, 0.29) is 0 Å². The highest BCUT2D eigenvalue weighted by Gasteiger charge is 1.96. The Bertz CT molecular complexity index is 388. The van der Waals surface area contributed by atoms with Crippen molar-refractivity contribution in [2.75, 3.05) is 13.4 Å². The molecule has 72 valence electrons. The molecule has 0 aliphatic heterocycles. The van der Waals surface area contributed by atoms with Gasteiger partial charge in [0.25, 0.3) is 0 Å². The Morgan fingerprint density at radius 1 is 1.43 bits per heavy atom. The van der Waals surface area contributed by atoms with Gasteiger partial charge in [0.15, 0.2) is 0 Å². The molecule has 3 heteroatoms. The normalized spacial score (nSPS) is 8.71. The lowest BCUT2D eigenvalue weighted by Crippen LogP contribution is -1.94. The van der Waals surface area contributed by atoms with Crippen LogP contribution in [0.25, 0.3) is 0 Å². The fraction of sp³-hybridized carbons (Fsp3) is 0.182. The molecule has 0 aliphatic carbocycles. The van der Waals surface area contributed by atoms with E-state index >= 15 is 0 Å². The van der Waals surface area contributed by atoms with E-state index in [1.54, 1.807) is 11.8 Å². The number of carbonyl (C=O) groups excluding carboxylic acids is 1.